The Morgan fingerprint density at radius 3 is 2.67 bits per heavy atom. The lowest BCUT2D eigenvalue weighted by Crippen LogP contribution is -2.27. The van der Waals surface area contributed by atoms with Crippen LogP contribution in [0, 0.1) is 0 Å². The van der Waals surface area contributed by atoms with Crippen LogP contribution in [-0.2, 0) is 17.4 Å². The molecule has 1 saturated carbocycles. The lowest BCUT2D eigenvalue weighted by atomic mass is 9.99. The summed E-state index contributed by atoms with van der Waals surface area (Å²) in [6.45, 7) is 0. The molecule has 4 aromatic rings. The van der Waals surface area contributed by atoms with Crippen molar-refractivity contribution in [3.63, 3.8) is 0 Å². The highest BCUT2D eigenvalue weighted by molar-refractivity contribution is 5.91. The number of amides is 1. The SMILES string of the molecule is Cn1cc(-c2nc3nccc(-c4ccc(C5(NC=O)CC5)cc4)c3[nH]2)cn1. The van der Waals surface area contributed by atoms with Crippen LogP contribution < -0.4 is 5.32 Å². The maximum atomic E-state index is 10.9. The van der Waals surface area contributed by atoms with E-state index in [4.69, 9.17) is 0 Å². The number of nitrogens with one attached hydrogen (secondary N) is 2. The Balaban J connectivity index is 1.55. The van der Waals surface area contributed by atoms with Gasteiger partial charge in [-0.2, -0.15) is 5.10 Å². The molecule has 0 spiro atoms. The Bertz CT molecular complexity index is 1140. The molecule has 27 heavy (non-hydrogen) atoms. The first-order valence-electron chi connectivity index (χ1n) is 8.84. The molecule has 1 aromatic carbocycles. The molecule has 0 atom stereocenters. The number of rotatable bonds is 5. The number of aryl methyl sites for hydroxylation is 1. The van der Waals surface area contributed by atoms with Gasteiger partial charge >= 0.3 is 0 Å². The summed E-state index contributed by atoms with van der Waals surface area (Å²) in [4.78, 5) is 23.2. The van der Waals surface area contributed by atoms with Gasteiger partial charge in [-0.05, 0) is 30.0 Å². The molecule has 1 aliphatic rings. The van der Waals surface area contributed by atoms with Crippen LogP contribution in [0.3, 0.4) is 0 Å². The van der Waals surface area contributed by atoms with Gasteiger partial charge in [-0.3, -0.25) is 9.48 Å². The topological polar surface area (TPSA) is 88.5 Å². The van der Waals surface area contributed by atoms with E-state index in [2.05, 4.69) is 49.6 Å². The van der Waals surface area contributed by atoms with Gasteiger partial charge in [-0.1, -0.05) is 24.3 Å². The van der Waals surface area contributed by atoms with E-state index in [1.165, 1.54) is 0 Å². The van der Waals surface area contributed by atoms with Crippen molar-refractivity contribution < 1.29 is 4.79 Å². The molecule has 7 nitrogen and oxygen atoms in total. The van der Waals surface area contributed by atoms with Crippen molar-refractivity contribution in [1.29, 1.82) is 0 Å². The zero-order chi connectivity index (χ0) is 18.4. The second-order valence-corrected chi connectivity index (χ2v) is 6.97. The predicted molar refractivity (Wildman–Crippen MR) is 102 cm³/mol. The van der Waals surface area contributed by atoms with Crippen LogP contribution in [0.2, 0.25) is 0 Å². The predicted octanol–water partition coefficient (Wildman–Crippen LogP) is 2.76. The first kappa shape index (κ1) is 15.7. The smallest absolute Gasteiger partial charge is 0.207 e. The number of imidazole rings is 1. The summed E-state index contributed by atoms with van der Waals surface area (Å²) >= 11 is 0. The van der Waals surface area contributed by atoms with E-state index in [1.807, 2.05) is 19.3 Å². The minimum absolute atomic E-state index is 0.171. The third-order valence-corrected chi connectivity index (χ3v) is 5.20. The minimum atomic E-state index is -0.171. The third-order valence-electron chi connectivity index (χ3n) is 5.20. The first-order chi connectivity index (χ1) is 13.2. The van der Waals surface area contributed by atoms with E-state index >= 15 is 0 Å². The third kappa shape index (κ3) is 2.59. The Morgan fingerprint density at radius 2 is 2.00 bits per heavy atom. The van der Waals surface area contributed by atoms with Gasteiger partial charge < -0.3 is 10.3 Å². The van der Waals surface area contributed by atoms with E-state index in [0.29, 0.717) is 5.65 Å². The van der Waals surface area contributed by atoms with Gasteiger partial charge in [0, 0.05) is 25.0 Å². The van der Waals surface area contributed by atoms with Crippen molar-refractivity contribution in [3.8, 4) is 22.5 Å². The highest BCUT2D eigenvalue weighted by Crippen LogP contribution is 2.45. The van der Waals surface area contributed by atoms with Crippen molar-refractivity contribution in [2.45, 2.75) is 18.4 Å². The van der Waals surface area contributed by atoms with Crippen molar-refractivity contribution in [2.24, 2.45) is 7.05 Å². The molecule has 0 bridgehead atoms. The summed E-state index contributed by atoms with van der Waals surface area (Å²) in [5.74, 6) is 0.752. The fourth-order valence-electron chi connectivity index (χ4n) is 3.55. The largest absolute Gasteiger partial charge is 0.349 e. The standard InChI is InChI=1S/C20H18N6O/c1-26-11-14(10-23-26)18-24-17-16(6-9-21-19(17)25-18)13-2-4-15(5-3-13)20(7-8-20)22-12-27/h2-6,9-12H,7-8H2,1H3,(H,22,27)(H,21,24,25). The maximum Gasteiger partial charge on any atom is 0.207 e. The zero-order valence-electron chi connectivity index (χ0n) is 14.8. The Labute approximate surface area is 155 Å². The van der Waals surface area contributed by atoms with Gasteiger partial charge in [-0.15, -0.1) is 0 Å². The molecular weight excluding hydrogens is 340 g/mol. The van der Waals surface area contributed by atoms with Crippen molar-refractivity contribution in [2.75, 3.05) is 0 Å². The van der Waals surface area contributed by atoms with Gasteiger partial charge in [0.05, 0.1) is 22.8 Å². The van der Waals surface area contributed by atoms with Crippen LogP contribution in [0.1, 0.15) is 18.4 Å². The van der Waals surface area contributed by atoms with E-state index in [-0.39, 0.29) is 5.54 Å². The summed E-state index contributed by atoms with van der Waals surface area (Å²) < 4.78 is 1.75. The number of fused-ring (bicyclic) bond motifs is 1. The monoisotopic (exact) mass is 358 g/mol. The Kier molecular flexibility index (Phi) is 3.36. The number of aromatic amines is 1. The molecule has 0 radical (unpaired) electrons. The molecular formula is C20H18N6O. The summed E-state index contributed by atoms with van der Waals surface area (Å²) in [5.41, 5.74) is 5.59. The summed E-state index contributed by atoms with van der Waals surface area (Å²) in [5, 5.41) is 7.15. The van der Waals surface area contributed by atoms with E-state index < -0.39 is 0 Å². The van der Waals surface area contributed by atoms with Crippen molar-refractivity contribution in [3.05, 3.63) is 54.5 Å². The average molecular weight is 358 g/mol. The summed E-state index contributed by atoms with van der Waals surface area (Å²) in [6.07, 6.45) is 8.23. The van der Waals surface area contributed by atoms with Gasteiger partial charge in [0.1, 0.15) is 5.82 Å². The Hall–Kier alpha value is -3.48. The number of H-pyrrole nitrogens is 1. The fourth-order valence-corrected chi connectivity index (χ4v) is 3.55. The normalized spacial score (nSPS) is 15.0. The molecule has 5 rings (SSSR count). The first-order valence-corrected chi connectivity index (χ1v) is 8.84. The minimum Gasteiger partial charge on any atom is -0.349 e. The van der Waals surface area contributed by atoms with Crippen LogP contribution >= 0.6 is 0 Å². The second-order valence-electron chi connectivity index (χ2n) is 6.97. The number of pyridine rings is 1. The van der Waals surface area contributed by atoms with Crippen LogP contribution in [0.4, 0.5) is 0 Å². The lowest BCUT2D eigenvalue weighted by Gasteiger charge is -2.15. The van der Waals surface area contributed by atoms with Gasteiger partial charge in [0.2, 0.25) is 6.41 Å². The Morgan fingerprint density at radius 1 is 1.19 bits per heavy atom. The molecule has 3 heterocycles. The van der Waals surface area contributed by atoms with Crippen molar-refractivity contribution in [1.82, 2.24) is 30.0 Å². The van der Waals surface area contributed by atoms with Crippen LogP contribution in [0.15, 0.2) is 48.9 Å². The highest BCUT2D eigenvalue weighted by atomic mass is 16.1. The van der Waals surface area contributed by atoms with Crippen LogP contribution in [0.25, 0.3) is 33.7 Å². The van der Waals surface area contributed by atoms with Gasteiger partial charge in [-0.25, -0.2) is 9.97 Å². The number of aromatic nitrogens is 5. The molecule has 0 unspecified atom stereocenters. The molecule has 7 heteroatoms. The quantitative estimate of drug-likeness (QED) is 0.537. The van der Waals surface area contributed by atoms with E-state index in [1.54, 1.807) is 17.1 Å². The van der Waals surface area contributed by atoms with Crippen LogP contribution in [-0.4, -0.2) is 31.1 Å². The molecule has 1 fully saturated rings. The fraction of sp³-hybridized carbons (Fsp3) is 0.200. The van der Waals surface area contributed by atoms with E-state index in [0.717, 1.165) is 52.8 Å². The molecule has 1 aliphatic carbocycles. The average Bonchev–Trinajstić information content (AvgIpc) is 3.13. The molecule has 134 valence electrons. The molecule has 0 aliphatic heterocycles. The zero-order valence-corrected chi connectivity index (χ0v) is 14.8. The number of carbonyl (C=O) groups excluding carboxylic acids is 1. The highest BCUT2D eigenvalue weighted by Gasteiger charge is 2.43. The number of carbonyl (C=O) groups is 1. The second kappa shape index (κ2) is 5.77. The molecule has 0 saturated heterocycles. The van der Waals surface area contributed by atoms with E-state index in [9.17, 15) is 4.79 Å². The summed E-state index contributed by atoms with van der Waals surface area (Å²) in [6, 6.07) is 10.3. The molecule has 1 amide bonds. The maximum absolute atomic E-state index is 10.9. The summed E-state index contributed by atoms with van der Waals surface area (Å²) in [7, 11) is 1.88. The number of nitrogens with zero attached hydrogens (tertiary/aromatic N) is 4. The lowest BCUT2D eigenvalue weighted by molar-refractivity contribution is -0.110. The molecule has 3 aromatic heterocycles. The number of hydrogen-bond donors (Lipinski definition) is 2. The van der Waals surface area contributed by atoms with Crippen LogP contribution in [0.5, 0.6) is 0 Å². The number of benzene rings is 1. The van der Waals surface area contributed by atoms with Gasteiger partial charge in [0.25, 0.3) is 0 Å². The van der Waals surface area contributed by atoms with Crippen molar-refractivity contribution >= 4 is 17.6 Å². The van der Waals surface area contributed by atoms with Gasteiger partial charge in [0.15, 0.2) is 5.65 Å². The molecule has 2 N–H and O–H groups in total. The number of hydrogen-bond acceptors (Lipinski definition) is 4.